The standard InChI is InChI=1S/C16H17N3O2/c1-21-13-4-2-12(3-5-13)16(6-7-16)11-19-15(20)14-10-17-8-9-18-14/h2-5,8-10H,6-7,11H2,1H3,(H,19,20). The predicted octanol–water partition coefficient (Wildman–Crippen LogP) is 1.95. The molecule has 5 nitrogen and oxygen atoms in total. The number of rotatable bonds is 5. The van der Waals surface area contributed by atoms with E-state index in [9.17, 15) is 4.79 Å². The maximum Gasteiger partial charge on any atom is 0.271 e. The third-order valence-electron chi connectivity index (χ3n) is 3.94. The Kier molecular flexibility index (Phi) is 3.56. The molecule has 0 aliphatic heterocycles. The lowest BCUT2D eigenvalue weighted by Crippen LogP contribution is -2.32. The first kappa shape index (κ1) is 13.5. The van der Waals surface area contributed by atoms with Gasteiger partial charge in [0.05, 0.1) is 13.3 Å². The zero-order valence-corrected chi connectivity index (χ0v) is 11.9. The molecule has 1 fully saturated rings. The second-order valence-electron chi connectivity index (χ2n) is 5.28. The summed E-state index contributed by atoms with van der Waals surface area (Å²) >= 11 is 0. The van der Waals surface area contributed by atoms with Gasteiger partial charge in [0.15, 0.2) is 0 Å². The molecule has 21 heavy (non-hydrogen) atoms. The van der Waals surface area contributed by atoms with Crippen LogP contribution < -0.4 is 10.1 Å². The number of benzene rings is 1. The number of amides is 1. The zero-order valence-electron chi connectivity index (χ0n) is 11.9. The topological polar surface area (TPSA) is 64.1 Å². The van der Waals surface area contributed by atoms with Crippen LogP contribution in [0.4, 0.5) is 0 Å². The molecule has 1 aliphatic carbocycles. The van der Waals surface area contributed by atoms with Gasteiger partial charge in [-0.2, -0.15) is 0 Å². The van der Waals surface area contributed by atoms with Crippen molar-refractivity contribution in [2.45, 2.75) is 18.3 Å². The van der Waals surface area contributed by atoms with Gasteiger partial charge in [-0.15, -0.1) is 0 Å². The molecule has 1 N–H and O–H groups in total. The third-order valence-corrected chi connectivity index (χ3v) is 3.94. The highest BCUT2D eigenvalue weighted by Gasteiger charge is 2.44. The van der Waals surface area contributed by atoms with Crippen LogP contribution in [0.15, 0.2) is 42.9 Å². The highest BCUT2D eigenvalue weighted by atomic mass is 16.5. The Bertz CT molecular complexity index is 622. The van der Waals surface area contributed by atoms with Crippen LogP contribution in [-0.2, 0) is 5.41 Å². The molecule has 1 amide bonds. The van der Waals surface area contributed by atoms with Crippen molar-refractivity contribution in [3.63, 3.8) is 0 Å². The van der Waals surface area contributed by atoms with E-state index in [4.69, 9.17) is 4.74 Å². The maximum absolute atomic E-state index is 12.0. The fourth-order valence-electron chi connectivity index (χ4n) is 2.42. The van der Waals surface area contributed by atoms with Crippen LogP contribution in [0.2, 0.25) is 0 Å². The number of hydrogen-bond acceptors (Lipinski definition) is 4. The molecule has 0 radical (unpaired) electrons. The largest absolute Gasteiger partial charge is 0.497 e. The number of carbonyl (C=O) groups is 1. The Morgan fingerprint density at radius 2 is 2.05 bits per heavy atom. The number of ether oxygens (including phenoxy) is 1. The van der Waals surface area contributed by atoms with Gasteiger partial charge < -0.3 is 10.1 Å². The van der Waals surface area contributed by atoms with Crippen molar-refractivity contribution in [2.75, 3.05) is 13.7 Å². The Labute approximate surface area is 123 Å². The Hall–Kier alpha value is -2.43. The average Bonchev–Trinajstić information content (AvgIpc) is 3.35. The van der Waals surface area contributed by atoms with E-state index in [-0.39, 0.29) is 11.3 Å². The van der Waals surface area contributed by atoms with E-state index in [1.807, 2.05) is 12.1 Å². The summed E-state index contributed by atoms with van der Waals surface area (Å²) in [5.74, 6) is 0.668. The highest BCUT2D eigenvalue weighted by molar-refractivity contribution is 5.91. The van der Waals surface area contributed by atoms with Crippen molar-refractivity contribution in [1.29, 1.82) is 0 Å². The van der Waals surface area contributed by atoms with Gasteiger partial charge in [0.2, 0.25) is 0 Å². The molecule has 1 aliphatic rings. The van der Waals surface area contributed by atoms with Crippen LogP contribution in [0.3, 0.4) is 0 Å². The normalized spacial score (nSPS) is 15.3. The summed E-state index contributed by atoms with van der Waals surface area (Å²) in [5.41, 5.74) is 1.65. The van der Waals surface area contributed by atoms with Crippen LogP contribution in [0.25, 0.3) is 0 Å². The summed E-state index contributed by atoms with van der Waals surface area (Å²) in [6.45, 7) is 0.620. The van der Waals surface area contributed by atoms with Gasteiger partial charge in [-0.05, 0) is 30.5 Å². The predicted molar refractivity (Wildman–Crippen MR) is 78.3 cm³/mol. The van der Waals surface area contributed by atoms with Crippen molar-refractivity contribution < 1.29 is 9.53 Å². The van der Waals surface area contributed by atoms with Gasteiger partial charge in [0.1, 0.15) is 11.4 Å². The maximum atomic E-state index is 12.0. The molecule has 2 aromatic rings. The lowest BCUT2D eigenvalue weighted by atomic mass is 9.96. The highest BCUT2D eigenvalue weighted by Crippen LogP contribution is 2.47. The third kappa shape index (κ3) is 2.86. The molecule has 1 aromatic carbocycles. The first-order chi connectivity index (χ1) is 10.2. The minimum atomic E-state index is -0.178. The monoisotopic (exact) mass is 283 g/mol. The molecular formula is C16H17N3O2. The Morgan fingerprint density at radius 1 is 1.29 bits per heavy atom. The summed E-state index contributed by atoms with van der Waals surface area (Å²) in [6.07, 6.45) is 6.71. The molecule has 0 saturated heterocycles. The number of hydrogen-bond donors (Lipinski definition) is 1. The van der Waals surface area contributed by atoms with Gasteiger partial charge in [-0.1, -0.05) is 12.1 Å². The van der Waals surface area contributed by atoms with Crippen LogP contribution in [0.1, 0.15) is 28.9 Å². The number of methoxy groups -OCH3 is 1. The molecule has 1 aromatic heterocycles. The molecule has 0 unspecified atom stereocenters. The van der Waals surface area contributed by atoms with Crippen LogP contribution in [0.5, 0.6) is 5.75 Å². The first-order valence-electron chi connectivity index (χ1n) is 6.92. The van der Waals surface area contributed by atoms with Crippen molar-refractivity contribution in [1.82, 2.24) is 15.3 Å². The number of aromatic nitrogens is 2. The number of nitrogens with one attached hydrogen (secondary N) is 1. The first-order valence-corrected chi connectivity index (χ1v) is 6.92. The summed E-state index contributed by atoms with van der Waals surface area (Å²) in [5, 5.41) is 2.96. The van der Waals surface area contributed by atoms with E-state index in [1.165, 1.54) is 18.0 Å². The van der Waals surface area contributed by atoms with Gasteiger partial charge in [0.25, 0.3) is 5.91 Å². The molecule has 0 atom stereocenters. The van der Waals surface area contributed by atoms with Crippen LogP contribution >= 0.6 is 0 Å². The van der Waals surface area contributed by atoms with E-state index in [0.717, 1.165) is 18.6 Å². The smallest absolute Gasteiger partial charge is 0.271 e. The summed E-state index contributed by atoms with van der Waals surface area (Å²) in [7, 11) is 1.66. The number of nitrogens with zero attached hydrogens (tertiary/aromatic N) is 2. The van der Waals surface area contributed by atoms with Crippen molar-refractivity contribution >= 4 is 5.91 Å². The lowest BCUT2D eigenvalue weighted by Gasteiger charge is -2.16. The van der Waals surface area contributed by atoms with Crippen LogP contribution in [-0.4, -0.2) is 29.5 Å². The lowest BCUT2D eigenvalue weighted by molar-refractivity contribution is 0.0944. The van der Waals surface area contributed by atoms with Crippen molar-refractivity contribution in [3.05, 3.63) is 54.1 Å². The van der Waals surface area contributed by atoms with Gasteiger partial charge >= 0.3 is 0 Å². The molecule has 108 valence electrons. The fourth-order valence-corrected chi connectivity index (χ4v) is 2.42. The minimum absolute atomic E-state index is 0.0597. The molecule has 5 heteroatoms. The van der Waals surface area contributed by atoms with E-state index < -0.39 is 0 Å². The summed E-state index contributed by atoms with van der Waals surface area (Å²) < 4.78 is 5.17. The Morgan fingerprint density at radius 3 is 2.62 bits per heavy atom. The van der Waals surface area contributed by atoms with Gasteiger partial charge in [-0.3, -0.25) is 9.78 Å². The molecule has 1 saturated carbocycles. The average molecular weight is 283 g/mol. The Balaban J connectivity index is 1.65. The van der Waals surface area contributed by atoms with Crippen LogP contribution in [0, 0.1) is 0 Å². The van der Waals surface area contributed by atoms with Crippen molar-refractivity contribution in [2.24, 2.45) is 0 Å². The van der Waals surface area contributed by atoms with E-state index in [1.54, 1.807) is 13.3 Å². The minimum Gasteiger partial charge on any atom is -0.497 e. The summed E-state index contributed by atoms with van der Waals surface area (Å²) in [6, 6.07) is 8.06. The van der Waals surface area contributed by atoms with Gasteiger partial charge in [0, 0.05) is 24.4 Å². The zero-order chi connectivity index (χ0) is 14.7. The van der Waals surface area contributed by atoms with Crippen molar-refractivity contribution in [3.8, 4) is 5.75 Å². The molecule has 0 spiro atoms. The SMILES string of the molecule is COc1ccc(C2(CNC(=O)c3cnccn3)CC2)cc1. The quantitative estimate of drug-likeness (QED) is 0.911. The second kappa shape index (κ2) is 5.52. The van der Waals surface area contributed by atoms with E-state index in [2.05, 4.69) is 27.4 Å². The fraction of sp³-hybridized carbons (Fsp3) is 0.312. The van der Waals surface area contributed by atoms with Gasteiger partial charge in [-0.25, -0.2) is 4.98 Å². The molecule has 0 bridgehead atoms. The summed E-state index contributed by atoms with van der Waals surface area (Å²) in [4.78, 5) is 19.9. The number of carbonyl (C=O) groups excluding carboxylic acids is 1. The molecule has 1 heterocycles. The van der Waals surface area contributed by atoms with E-state index in [0.29, 0.717) is 12.2 Å². The molecule has 3 rings (SSSR count). The molecular weight excluding hydrogens is 266 g/mol. The van der Waals surface area contributed by atoms with E-state index >= 15 is 0 Å². The second-order valence-corrected chi connectivity index (χ2v) is 5.28.